The topological polar surface area (TPSA) is 84.4 Å². The fourth-order valence-corrected chi connectivity index (χ4v) is 4.75. The van der Waals surface area contributed by atoms with Crippen LogP contribution < -0.4 is 9.62 Å². The molecular formula is C24H22N4O3S. The minimum Gasteiger partial charge on any atom is -0.378 e. The van der Waals surface area contributed by atoms with Crippen LogP contribution in [-0.4, -0.2) is 44.7 Å². The van der Waals surface area contributed by atoms with Crippen LogP contribution in [0.15, 0.2) is 83.9 Å². The molecule has 5 rings (SSSR count). The highest BCUT2D eigenvalue weighted by molar-refractivity contribution is 7.92. The summed E-state index contributed by atoms with van der Waals surface area (Å²) < 4.78 is 33.1. The van der Waals surface area contributed by atoms with Gasteiger partial charge in [0.25, 0.3) is 10.0 Å². The Kier molecular flexibility index (Phi) is 5.46. The number of rotatable bonds is 5. The number of hydrogen-bond donors (Lipinski definition) is 1. The van der Waals surface area contributed by atoms with Crippen molar-refractivity contribution in [3.05, 3.63) is 79.0 Å². The number of nitrogens with one attached hydrogen (secondary N) is 1. The van der Waals surface area contributed by atoms with Gasteiger partial charge in [0.05, 0.1) is 35.3 Å². The third-order valence-corrected chi connectivity index (χ3v) is 6.79. The van der Waals surface area contributed by atoms with Crippen LogP contribution in [-0.2, 0) is 14.8 Å². The van der Waals surface area contributed by atoms with E-state index in [0.29, 0.717) is 18.9 Å². The Balaban J connectivity index is 1.39. The molecule has 0 aliphatic carbocycles. The summed E-state index contributed by atoms with van der Waals surface area (Å²) in [6.45, 7) is 3.00. The second-order valence-corrected chi connectivity index (χ2v) is 9.21. The fraction of sp³-hybridized carbons (Fsp3) is 0.167. The van der Waals surface area contributed by atoms with E-state index >= 15 is 0 Å². The first-order valence-corrected chi connectivity index (χ1v) is 11.8. The first-order chi connectivity index (χ1) is 15.6. The van der Waals surface area contributed by atoms with Crippen molar-refractivity contribution >= 4 is 32.6 Å². The number of fused-ring (bicyclic) bond motifs is 1. The molecule has 4 aromatic rings. The minimum absolute atomic E-state index is 0.230. The van der Waals surface area contributed by atoms with E-state index in [0.717, 1.165) is 41.1 Å². The molecule has 1 N–H and O–H groups in total. The van der Waals surface area contributed by atoms with E-state index in [-0.39, 0.29) is 4.90 Å². The van der Waals surface area contributed by atoms with Gasteiger partial charge in [-0.15, -0.1) is 0 Å². The highest BCUT2D eigenvalue weighted by atomic mass is 32.2. The van der Waals surface area contributed by atoms with Crippen LogP contribution in [0.2, 0.25) is 0 Å². The highest BCUT2D eigenvalue weighted by Gasteiger charge is 2.15. The summed E-state index contributed by atoms with van der Waals surface area (Å²) in [5, 5.41) is 0. The first kappa shape index (κ1) is 20.4. The molecule has 1 fully saturated rings. The van der Waals surface area contributed by atoms with Gasteiger partial charge in [0.15, 0.2) is 0 Å². The molecule has 1 aromatic heterocycles. The van der Waals surface area contributed by atoms with E-state index in [1.807, 2.05) is 30.3 Å². The van der Waals surface area contributed by atoms with Crippen molar-refractivity contribution < 1.29 is 13.2 Å². The molecule has 7 nitrogen and oxygen atoms in total. The third-order valence-electron chi connectivity index (χ3n) is 5.39. The molecule has 0 amide bonds. The lowest BCUT2D eigenvalue weighted by atomic mass is 10.0. The van der Waals surface area contributed by atoms with Crippen LogP contribution in [0.25, 0.3) is 22.2 Å². The minimum atomic E-state index is -3.62. The van der Waals surface area contributed by atoms with Gasteiger partial charge >= 0.3 is 0 Å². The average molecular weight is 447 g/mol. The fourth-order valence-electron chi connectivity index (χ4n) is 3.67. The van der Waals surface area contributed by atoms with E-state index in [9.17, 15) is 8.42 Å². The zero-order valence-corrected chi connectivity index (χ0v) is 18.1. The van der Waals surface area contributed by atoms with Crippen LogP contribution in [0, 0.1) is 0 Å². The summed E-state index contributed by atoms with van der Waals surface area (Å²) in [6, 6.07) is 21.6. The van der Waals surface area contributed by atoms with E-state index in [4.69, 9.17) is 9.72 Å². The van der Waals surface area contributed by atoms with Gasteiger partial charge in [-0.1, -0.05) is 36.4 Å². The monoisotopic (exact) mass is 446 g/mol. The second-order valence-electron chi connectivity index (χ2n) is 7.53. The number of ether oxygens (including phenoxy) is 1. The zero-order valence-electron chi connectivity index (χ0n) is 17.3. The van der Waals surface area contributed by atoms with Crippen LogP contribution in [0.4, 0.5) is 11.5 Å². The largest absolute Gasteiger partial charge is 0.378 e. The maximum atomic E-state index is 12.5. The van der Waals surface area contributed by atoms with Gasteiger partial charge in [0.1, 0.15) is 5.82 Å². The van der Waals surface area contributed by atoms with Crippen molar-refractivity contribution in [2.45, 2.75) is 4.90 Å². The van der Waals surface area contributed by atoms with Gasteiger partial charge in [-0.25, -0.2) is 13.4 Å². The average Bonchev–Trinajstić information content (AvgIpc) is 2.85. The first-order valence-electron chi connectivity index (χ1n) is 10.4. The Morgan fingerprint density at radius 2 is 1.56 bits per heavy atom. The van der Waals surface area contributed by atoms with E-state index in [1.54, 1.807) is 48.7 Å². The lowest BCUT2D eigenvalue weighted by Gasteiger charge is -2.27. The number of aromatic nitrogens is 2. The smallest absolute Gasteiger partial charge is 0.261 e. The SMILES string of the molecule is O=S(=O)(Nc1ccc(-c2ccc3ncc(N4CCOCC4)nc3c2)cc1)c1ccccc1. The van der Waals surface area contributed by atoms with Crippen molar-refractivity contribution in [3.8, 4) is 11.1 Å². The molecule has 0 unspecified atom stereocenters. The number of anilines is 2. The van der Waals surface area contributed by atoms with Gasteiger partial charge in [-0.3, -0.25) is 9.71 Å². The Morgan fingerprint density at radius 3 is 2.31 bits per heavy atom. The number of hydrogen-bond acceptors (Lipinski definition) is 6. The van der Waals surface area contributed by atoms with E-state index in [2.05, 4.69) is 14.6 Å². The standard InChI is InChI=1S/C24H22N4O3S/c29-32(30,21-4-2-1-3-5-21)27-20-9-6-18(7-10-20)19-8-11-22-23(16-19)26-24(17-25-22)28-12-14-31-15-13-28/h1-11,16-17,27H,12-15H2. The molecule has 0 radical (unpaired) electrons. The summed E-state index contributed by atoms with van der Waals surface area (Å²) in [5.74, 6) is 0.851. The summed E-state index contributed by atoms with van der Waals surface area (Å²) in [6.07, 6.45) is 1.81. The number of benzene rings is 3. The molecule has 1 aliphatic heterocycles. The predicted octanol–water partition coefficient (Wildman–Crippen LogP) is 3.93. The molecule has 0 bridgehead atoms. The number of morpholine rings is 1. The molecule has 2 heterocycles. The number of nitrogens with zero attached hydrogens (tertiary/aromatic N) is 3. The molecule has 0 saturated carbocycles. The van der Waals surface area contributed by atoms with Gasteiger partial charge in [-0.2, -0.15) is 0 Å². The molecule has 1 saturated heterocycles. The van der Waals surface area contributed by atoms with E-state index < -0.39 is 10.0 Å². The van der Waals surface area contributed by atoms with Crippen molar-refractivity contribution in [1.82, 2.24) is 9.97 Å². The lowest BCUT2D eigenvalue weighted by molar-refractivity contribution is 0.122. The Labute approximate surface area is 186 Å². The van der Waals surface area contributed by atoms with Crippen molar-refractivity contribution in [2.24, 2.45) is 0 Å². The van der Waals surface area contributed by atoms with Crippen LogP contribution in [0.3, 0.4) is 0 Å². The van der Waals surface area contributed by atoms with Crippen molar-refractivity contribution in [1.29, 1.82) is 0 Å². The Hall–Kier alpha value is -3.49. The molecule has 32 heavy (non-hydrogen) atoms. The summed E-state index contributed by atoms with van der Waals surface area (Å²) in [5.41, 5.74) is 4.11. The maximum Gasteiger partial charge on any atom is 0.261 e. The molecule has 162 valence electrons. The zero-order chi connectivity index (χ0) is 22.0. The molecule has 8 heteroatoms. The quantitative estimate of drug-likeness (QED) is 0.500. The maximum absolute atomic E-state index is 12.5. The molecule has 3 aromatic carbocycles. The normalized spacial score (nSPS) is 14.4. The third kappa shape index (κ3) is 4.28. The van der Waals surface area contributed by atoms with Crippen molar-refractivity contribution in [2.75, 3.05) is 35.9 Å². The predicted molar refractivity (Wildman–Crippen MR) is 125 cm³/mol. The number of sulfonamides is 1. The highest BCUT2D eigenvalue weighted by Crippen LogP contribution is 2.26. The van der Waals surface area contributed by atoms with Crippen LogP contribution >= 0.6 is 0 Å². The summed E-state index contributed by atoms with van der Waals surface area (Å²) in [7, 11) is -3.62. The summed E-state index contributed by atoms with van der Waals surface area (Å²) in [4.78, 5) is 11.8. The van der Waals surface area contributed by atoms with E-state index in [1.165, 1.54) is 0 Å². The van der Waals surface area contributed by atoms with Gasteiger partial charge in [-0.05, 0) is 47.5 Å². The Morgan fingerprint density at radius 1 is 0.844 bits per heavy atom. The van der Waals surface area contributed by atoms with Gasteiger partial charge in [0.2, 0.25) is 0 Å². The molecule has 1 aliphatic rings. The van der Waals surface area contributed by atoms with Crippen LogP contribution in [0.5, 0.6) is 0 Å². The molecule has 0 atom stereocenters. The van der Waals surface area contributed by atoms with Gasteiger partial charge in [0, 0.05) is 18.8 Å². The second kappa shape index (κ2) is 8.57. The lowest BCUT2D eigenvalue weighted by Crippen LogP contribution is -2.36. The molecular weight excluding hydrogens is 424 g/mol. The van der Waals surface area contributed by atoms with Gasteiger partial charge < -0.3 is 9.64 Å². The summed E-state index contributed by atoms with van der Waals surface area (Å²) >= 11 is 0. The Bertz CT molecular complexity index is 1340. The van der Waals surface area contributed by atoms with Crippen LogP contribution in [0.1, 0.15) is 0 Å². The van der Waals surface area contributed by atoms with Crippen molar-refractivity contribution in [3.63, 3.8) is 0 Å². The molecule has 0 spiro atoms.